The van der Waals surface area contributed by atoms with Crippen molar-refractivity contribution in [3.05, 3.63) is 60.2 Å². The fourth-order valence-electron chi connectivity index (χ4n) is 2.51. The highest BCUT2D eigenvalue weighted by atomic mass is 16.5. The predicted octanol–water partition coefficient (Wildman–Crippen LogP) is 4.47. The van der Waals surface area contributed by atoms with Gasteiger partial charge in [-0.05, 0) is 36.8 Å². The number of nitriles is 1. The molecule has 4 nitrogen and oxygen atoms in total. The Morgan fingerprint density at radius 3 is 2.35 bits per heavy atom. The summed E-state index contributed by atoms with van der Waals surface area (Å²) in [6, 6.07) is 19.3. The third kappa shape index (κ3) is 2.77. The Hall–Kier alpha value is -3.19. The summed E-state index contributed by atoms with van der Waals surface area (Å²) in [5, 5.41) is 9.42. The number of nitrogens with two attached hydrogens (primary N) is 1. The summed E-state index contributed by atoms with van der Waals surface area (Å²) < 4.78 is 11.1. The molecule has 0 aliphatic rings. The lowest BCUT2D eigenvalue weighted by atomic mass is 9.98. The van der Waals surface area contributed by atoms with E-state index in [0.717, 1.165) is 22.4 Å². The number of nitrogen functional groups attached to an aromatic ring is 1. The highest BCUT2D eigenvalue weighted by Crippen LogP contribution is 2.40. The third-order valence-electron chi connectivity index (χ3n) is 3.54. The van der Waals surface area contributed by atoms with Crippen LogP contribution in [0.2, 0.25) is 0 Å². The lowest BCUT2D eigenvalue weighted by Gasteiger charge is -2.06. The minimum Gasteiger partial charge on any atom is -0.494 e. The molecule has 114 valence electrons. The number of ether oxygens (including phenoxy) is 1. The molecule has 23 heavy (non-hydrogen) atoms. The van der Waals surface area contributed by atoms with Gasteiger partial charge in [-0.1, -0.05) is 30.3 Å². The quantitative estimate of drug-likeness (QED) is 0.772. The molecule has 0 atom stereocenters. The highest BCUT2D eigenvalue weighted by Gasteiger charge is 2.21. The summed E-state index contributed by atoms with van der Waals surface area (Å²) >= 11 is 0. The van der Waals surface area contributed by atoms with Crippen molar-refractivity contribution < 1.29 is 9.15 Å². The summed E-state index contributed by atoms with van der Waals surface area (Å²) in [6.07, 6.45) is 0. The van der Waals surface area contributed by atoms with E-state index >= 15 is 0 Å². The van der Waals surface area contributed by atoms with Crippen LogP contribution in [0.25, 0.3) is 22.5 Å². The van der Waals surface area contributed by atoms with Crippen molar-refractivity contribution >= 4 is 5.88 Å². The molecule has 0 amide bonds. The van der Waals surface area contributed by atoms with E-state index in [-0.39, 0.29) is 5.88 Å². The summed E-state index contributed by atoms with van der Waals surface area (Å²) in [5.74, 6) is 1.51. The molecular weight excluding hydrogens is 288 g/mol. The predicted molar refractivity (Wildman–Crippen MR) is 89.9 cm³/mol. The van der Waals surface area contributed by atoms with E-state index in [0.29, 0.717) is 17.9 Å². The molecule has 0 spiro atoms. The van der Waals surface area contributed by atoms with Crippen LogP contribution in [0, 0.1) is 11.3 Å². The second kappa shape index (κ2) is 6.29. The Balaban J connectivity index is 2.15. The molecule has 1 heterocycles. The van der Waals surface area contributed by atoms with Crippen LogP contribution in [0.1, 0.15) is 12.5 Å². The first kappa shape index (κ1) is 14.7. The van der Waals surface area contributed by atoms with Crippen molar-refractivity contribution in [1.82, 2.24) is 0 Å². The van der Waals surface area contributed by atoms with Crippen LogP contribution in [-0.4, -0.2) is 6.61 Å². The van der Waals surface area contributed by atoms with Gasteiger partial charge in [0.1, 0.15) is 23.1 Å². The van der Waals surface area contributed by atoms with Crippen LogP contribution in [0.3, 0.4) is 0 Å². The zero-order valence-electron chi connectivity index (χ0n) is 12.7. The topological polar surface area (TPSA) is 72.2 Å². The number of benzene rings is 2. The van der Waals surface area contributed by atoms with E-state index < -0.39 is 0 Å². The van der Waals surface area contributed by atoms with E-state index in [4.69, 9.17) is 14.9 Å². The van der Waals surface area contributed by atoms with Gasteiger partial charge >= 0.3 is 0 Å². The number of anilines is 1. The molecule has 3 aromatic rings. The molecule has 1 aromatic heterocycles. The summed E-state index contributed by atoms with van der Waals surface area (Å²) in [5.41, 5.74) is 8.71. The molecule has 3 rings (SSSR count). The van der Waals surface area contributed by atoms with Crippen molar-refractivity contribution in [3.63, 3.8) is 0 Å². The Kier molecular flexibility index (Phi) is 4.03. The minimum absolute atomic E-state index is 0.134. The number of furan rings is 1. The molecule has 0 saturated heterocycles. The van der Waals surface area contributed by atoms with Crippen molar-refractivity contribution in [1.29, 1.82) is 5.26 Å². The minimum atomic E-state index is 0.134. The molecule has 0 aliphatic carbocycles. The van der Waals surface area contributed by atoms with Crippen LogP contribution in [0.4, 0.5) is 5.88 Å². The number of hydrogen-bond acceptors (Lipinski definition) is 4. The molecular formula is C19H16N2O2. The Morgan fingerprint density at radius 2 is 1.74 bits per heavy atom. The van der Waals surface area contributed by atoms with Crippen LogP contribution < -0.4 is 10.5 Å². The maximum atomic E-state index is 9.42. The van der Waals surface area contributed by atoms with Crippen LogP contribution in [0.15, 0.2) is 59.0 Å². The molecule has 4 heteroatoms. The van der Waals surface area contributed by atoms with Gasteiger partial charge in [-0.3, -0.25) is 0 Å². The van der Waals surface area contributed by atoms with E-state index in [1.807, 2.05) is 61.5 Å². The molecule has 0 unspecified atom stereocenters. The van der Waals surface area contributed by atoms with Gasteiger partial charge in [0.05, 0.1) is 6.61 Å². The molecule has 0 fully saturated rings. The second-order valence-electron chi connectivity index (χ2n) is 4.98. The van der Waals surface area contributed by atoms with Gasteiger partial charge in [0.15, 0.2) is 0 Å². The van der Waals surface area contributed by atoms with Crippen molar-refractivity contribution in [3.8, 4) is 34.3 Å². The largest absolute Gasteiger partial charge is 0.494 e. The Morgan fingerprint density at radius 1 is 1.04 bits per heavy atom. The zero-order valence-corrected chi connectivity index (χ0v) is 12.7. The van der Waals surface area contributed by atoms with Gasteiger partial charge in [-0.25, -0.2) is 0 Å². The van der Waals surface area contributed by atoms with E-state index in [1.54, 1.807) is 0 Å². The van der Waals surface area contributed by atoms with Crippen LogP contribution >= 0.6 is 0 Å². The molecule has 0 saturated carbocycles. The summed E-state index contributed by atoms with van der Waals surface area (Å²) in [4.78, 5) is 0. The van der Waals surface area contributed by atoms with Gasteiger partial charge in [0.25, 0.3) is 0 Å². The van der Waals surface area contributed by atoms with Gasteiger partial charge in [-0.2, -0.15) is 5.26 Å². The normalized spacial score (nSPS) is 10.3. The second-order valence-corrected chi connectivity index (χ2v) is 4.98. The van der Waals surface area contributed by atoms with Crippen molar-refractivity contribution in [2.24, 2.45) is 0 Å². The standard InChI is InChI=1S/C19H16N2O2/c1-2-22-15-10-8-14(9-11-15)18-17(13-6-4-3-5-7-13)16(12-20)19(21)23-18/h3-11H,2,21H2,1H3. The summed E-state index contributed by atoms with van der Waals surface area (Å²) in [7, 11) is 0. The molecule has 2 aromatic carbocycles. The Bertz CT molecular complexity index is 844. The highest BCUT2D eigenvalue weighted by molar-refractivity contribution is 5.87. The monoisotopic (exact) mass is 304 g/mol. The van der Waals surface area contributed by atoms with E-state index in [2.05, 4.69) is 6.07 Å². The van der Waals surface area contributed by atoms with E-state index in [9.17, 15) is 5.26 Å². The smallest absolute Gasteiger partial charge is 0.209 e. The fourth-order valence-corrected chi connectivity index (χ4v) is 2.51. The maximum Gasteiger partial charge on any atom is 0.209 e. The average Bonchev–Trinajstić information content (AvgIpc) is 2.93. The molecule has 2 N–H and O–H groups in total. The van der Waals surface area contributed by atoms with Crippen LogP contribution in [-0.2, 0) is 0 Å². The van der Waals surface area contributed by atoms with Gasteiger partial charge in [0, 0.05) is 11.1 Å². The Labute approximate surface area is 134 Å². The first-order valence-corrected chi connectivity index (χ1v) is 7.35. The molecule has 0 aliphatic heterocycles. The van der Waals surface area contributed by atoms with E-state index in [1.165, 1.54) is 0 Å². The molecule has 0 bridgehead atoms. The number of hydrogen-bond donors (Lipinski definition) is 1. The van der Waals surface area contributed by atoms with Crippen LogP contribution in [0.5, 0.6) is 5.75 Å². The van der Waals surface area contributed by atoms with Gasteiger partial charge < -0.3 is 14.9 Å². The van der Waals surface area contributed by atoms with Crippen molar-refractivity contribution in [2.45, 2.75) is 6.92 Å². The lowest BCUT2D eigenvalue weighted by Crippen LogP contribution is -1.90. The number of rotatable bonds is 4. The summed E-state index contributed by atoms with van der Waals surface area (Å²) in [6.45, 7) is 2.55. The fraction of sp³-hybridized carbons (Fsp3) is 0.105. The lowest BCUT2D eigenvalue weighted by molar-refractivity contribution is 0.340. The maximum absolute atomic E-state index is 9.42. The first-order valence-electron chi connectivity index (χ1n) is 7.35. The van der Waals surface area contributed by atoms with Crippen molar-refractivity contribution in [2.75, 3.05) is 12.3 Å². The zero-order chi connectivity index (χ0) is 16.2. The SMILES string of the molecule is CCOc1ccc(-c2oc(N)c(C#N)c2-c2ccccc2)cc1. The average molecular weight is 304 g/mol. The first-order chi connectivity index (χ1) is 11.2. The van der Waals surface area contributed by atoms with Gasteiger partial charge in [0.2, 0.25) is 5.88 Å². The number of nitrogens with zero attached hydrogens (tertiary/aromatic N) is 1. The molecule has 0 radical (unpaired) electrons. The third-order valence-corrected chi connectivity index (χ3v) is 3.54. The van der Waals surface area contributed by atoms with Gasteiger partial charge in [-0.15, -0.1) is 0 Å².